The standard InChI is InChI=1S/C20H18N2O4/c1-12-7-9-14(10-8-12)16(23)11-15(13-5-3-2-4-6-13)17-18(24)21-20(26)22-19(17)25/h2-10,15,17H,11H2,1H3,(H2,21,22,24,25,26). The summed E-state index contributed by atoms with van der Waals surface area (Å²) in [6, 6.07) is 15.2. The molecule has 2 aromatic rings. The minimum atomic E-state index is -1.15. The van der Waals surface area contributed by atoms with Crippen molar-refractivity contribution in [1.29, 1.82) is 0 Å². The van der Waals surface area contributed by atoms with Gasteiger partial charge >= 0.3 is 6.03 Å². The van der Waals surface area contributed by atoms with E-state index in [0.29, 0.717) is 11.1 Å². The number of hydrogen-bond donors (Lipinski definition) is 2. The molecule has 1 fully saturated rings. The number of amides is 4. The molecule has 1 aliphatic heterocycles. The van der Waals surface area contributed by atoms with Crippen LogP contribution in [0.25, 0.3) is 0 Å². The summed E-state index contributed by atoms with van der Waals surface area (Å²) in [5.41, 5.74) is 2.24. The smallest absolute Gasteiger partial charge is 0.294 e. The van der Waals surface area contributed by atoms with Crippen LogP contribution in [0, 0.1) is 12.8 Å². The van der Waals surface area contributed by atoms with E-state index in [1.807, 2.05) is 25.1 Å². The van der Waals surface area contributed by atoms with Crippen LogP contribution in [0.15, 0.2) is 54.6 Å². The van der Waals surface area contributed by atoms with Crippen LogP contribution in [0.4, 0.5) is 4.79 Å². The lowest BCUT2D eigenvalue weighted by atomic mass is 9.79. The van der Waals surface area contributed by atoms with Crippen molar-refractivity contribution < 1.29 is 19.2 Å². The molecule has 6 nitrogen and oxygen atoms in total. The minimum Gasteiger partial charge on any atom is -0.294 e. The van der Waals surface area contributed by atoms with Gasteiger partial charge in [-0.3, -0.25) is 25.0 Å². The van der Waals surface area contributed by atoms with Gasteiger partial charge < -0.3 is 0 Å². The Bertz CT molecular complexity index is 839. The molecular weight excluding hydrogens is 332 g/mol. The van der Waals surface area contributed by atoms with Crippen LogP contribution in [-0.4, -0.2) is 23.6 Å². The average molecular weight is 350 g/mol. The Hall–Kier alpha value is -3.28. The van der Waals surface area contributed by atoms with Crippen molar-refractivity contribution in [2.75, 3.05) is 0 Å². The normalized spacial score (nSPS) is 16.0. The van der Waals surface area contributed by atoms with E-state index in [4.69, 9.17) is 0 Å². The topological polar surface area (TPSA) is 92.3 Å². The quantitative estimate of drug-likeness (QED) is 0.639. The molecule has 1 saturated heterocycles. The first-order valence-corrected chi connectivity index (χ1v) is 8.26. The second kappa shape index (κ2) is 7.31. The Morgan fingerprint density at radius 3 is 2.08 bits per heavy atom. The highest BCUT2D eigenvalue weighted by atomic mass is 16.2. The molecule has 1 heterocycles. The Morgan fingerprint density at radius 1 is 0.923 bits per heavy atom. The number of carbonyl (C=O) groups excluding carboxylic acids is 4. The number of nitrogens with one attached hydrogen (secondary N) is 2. The van der Waals surface area contributed by atoms with Gasteiger partial charge in [-0.1, -0.05) is 60.2 Å². The highest BCUT2D eigenvalue weighted by molar-refractivity contribution is 6.17. The number of ketones is 1. The molecule has 0 bridgehead atoms. The second-order valence-corrected chi connectivity index (χ2v) is 6.30. The van der Waals surface area contributed by atoms with Gasteiger partial charge in [0.1, 0.15) is 5.92 Å². The third-order valence-corrected chi connectivity index (χ3v) is 4.45. The molecule has 132 valence electrons. The molecule has 4 amide bonds. The first-order chi connectivity index (χ1) is 12.5. The molecule has 1 aliphatic rings. The minimum absolute atomic E-state index is 0.0211. The summed E-state index contributed by atoms with van der Waals surface area (Å²) in [6.45, 7) is 1.93. The number of carbonyl (C=O) groups is 4. The Morgan fingerprint density at radius 2 is 1.50 bits per heavy atom. The monoisotopic (exact) mass is 350 g/mol. The predicted octanol–water partition coefficient (Wildman–Crippen LogP) is 2.33. The van der Waals surface area contributed by atoms with Crippen molar-refractivity contribution in [1.82, 2.24) is 10.6 Å². The van der Waals surface area contributed by atoms with Crippen LogP contribution in [0.5, 0.6) is 0 Å². The summed E-state index contributed by atoms with van der Waals surface area (Å²) in [5, 5.41) is 4.22. The Kier molecular flexibility index (Phi) is 4.93. The molecular formula is C20H18N2O4. The van der Waals surface area contributed by atoms with Gasteiger partial charge in [0.25, 0.3) is 0 Å². The number of aryl methyl sites for hydroxylation is 1. The van der Waals surface area contributed by atoms with Gasteiger partial charge in [0.05, 0.1) is 0 Å². The van der Waals surface area contributed by atoms with Crippen LogP contribution >= 0.6 is 0 Å². The lowest BCUT2D eigenvalue weighted by molar-refractivity contribution is -0.136. The summed E-state index contributed by atoms with van der Waals surface area (Å²) in [6.07, 6.45) is -0.0211. The van der Waals surface area contributed by atoms with E-state index in [-0.39, 0.29) is 12.2 Å². The van der Waals surface area contributed by atoms with Crippen molar-refractivity contribution in [3.63, 3.8) is 0 Å². The molecule has 0 aliphatic carbocycles. The van der Waals surface area contributed by atoms with E-state index in [9.17, 15) is 19.2 Å². The molecule has 26 heavy (non-hydrogen) atoms. The maximum absolute atomic E-state index is 12.7. The fourth-order valence-corrected chi connectivity index (χ4v) is 3.08. The molecule has 0 spiro atoms. The van der Waals surface area contributed by atoms with Gasteiger partial charge in [0.15, 0.2) is 5.78 Å². The van der Waals surface area contributed by atoms with E-state index < -0.39 is 29.7 Å². The first-order valence-electron chi connectivity index (χ1n) is 8.26. The zero-order valence-electron chi connectivity index (χ0n) is 14.2. The number of benzene rings is 2. The largest absolute Gasteiger partial charge is 0.328 e. The van der Waals surface area contributed by atoms with Crippen LogP contribution in [-0.2, 0) is 9.59 Å². The van der Waals surface area contributed by atoms with E-state index in [1.54, 1.807) is 36.4 Å². The summed E-state index contributed by atoms with van der Waals surface area (Å²) < 4.78 is 0. The van der Waals surface area contributed by atoms with Crippen LogP contribution < -0.4 is 10.6 Å². The Labute approximate surface area is 150 Å². The van der Waals surface area contributed by atoms with Gasteiger partial charge in [0, 0.05) is 17.9 Å². The summed E-state index contributed by atoms with van der Waals surface area (Å²) in [4.78, 5) is 48.6. The van der Waals surface area contributed by atoms with Crippen LogP contribution in [0.2, 0.25) is 0 Å². The third kappa shape index (κ3) is 3.69. The maximum Gasteiger partial charge on any atom is 0.328 e. The number of urea groups is 1. The highest BCUT2D eigenvalue weighted by Crippen LogP contribution is 2.31. The number of hydrogen-bond acceptors (Lipinski definition) is 4. The number of imide groups is 2. The van der Waals surface area contributed by atoms with E-state index in [0.717, 1.165) is 5.56 Å². The fourth-order valence-electron chi connectivity index (χ4n) is 3.08. The molecule has 2 aromatic carbocycles. The third-order valence-electron chi connectivity index (χ3n) is 4.45. The molecule has 2 N–H and O–H groups in total. The van der Waals surface area contributed by atoms with Gasteiger partial charge in [0.2, 0.25) is 11.8 Å². The van der Waals surface area contributed by atoms with Crippen molar-refractivity contribution in [3.05, 3.63) is 71.3 Å². The molecule has 0 saturated carbocycles. The van der Waals surface area contributed by atoms with Gasteiger partial charge in [-0.15, -0.1) is 0 Å². The zero-order valence-corrected chi connectivity index (χ0v) is 14.2. The van der Waals surface area contributed by atoms with Crippen molar-refractivity contribution in [2.45, 2.75) is 19.3 Å². The van der Waals surface area contributed by atoms with Gasteiger partial charge in [-0.25, -0.2) is 4.79 Å². The molecule has 6 heteroatoms. The summed E-state index contributed by atoms with van der Waals surface area (Å²) in [5.74, 6) is -3.37. The predicted molar refractivity (Wildman–Crippen MR) is 94.5 cm³/mol. The lowest BCUT2D eigenvalue weighted by Crippen LogP contribution is -2.57. The van der Waals surface area contributed by atoms with E-state index >= 15 is 0 Å². The first kappa shape index (κ1) is 17.5. The molecule has 0 aromatic heterocycles. The molecule has 1 unspecified atom stereocenters. The van der Waals surface area contributed by atoms with E-state index in [2.05, 4.69) is 10.6 Å². The highest BCUT2D eigenvalue weighted by Gasteiger charge is 2.41. The maximum atomic E-state index is 12.7. The number of barbiturate groups is 1. The lowest BCUT2D eigenvalue weighted by Gasteiger charge is -2.28. The second-order valence-electron chi connectivity index (χ2n) is 6.30. The van der Waals surface area contributed by atoms with Crippen molar-refractivity contribution in [3.8, 4) is 0 Å². The zero-order chi connectivity index (χ0) is 18.7. The van der Waals surface area contributed by atoms with Crippen molar-refractivity contribution in [2.24, 2.45) is 5.92 Å². The van der Waals surface area contributed by atoms with E-state index in [1.165, 1.54) is 0 Å². The Balaban J connectivity index is 1.92. The van der Waals surface area contributed by atoms with Crippen molar-refractivity contribution >= 4 is 23.6 Å². The summed E-state index contributed by atoms with van der Waals surface area (Å²) in [7, 11) is 0. The average Bonchev–Trinajstić information content (AvgIpc) is 2.61. The fraction of sp³-hybridized carbons (Fsp3) is 0.200. The number of rotatable bonds is 5. The SMILES string of the molecule is Cc1ccc(C(=O)CC(c2ccccc2)C2C(=O)NC(=O)NC2=O)cc1. The van der Waals surface area contributed by atoms with Crippen LogP contribution in [0.3, 0.4) is 0 Å². The molecule has 3 rings (SSSR count). The van der Waals surface area contributed by atoms with Gasteiger partial charge in [-0.05, 0) is 12.5 Å². The van der Waals surface area contributed by atoms with Crippen LogP contribution in [0.1, 0.15) is 33.8 Å². The number of Topliss-reactive ketones (excluding diaryl/α,β-unsaturated/α-hetero) is 1. The molecule has 0 radical (unpaired) electrons. The van der Waals surface area contributed by atoms with Gasteiger partial charge in [-0.2, -0.15) is 0 Å². The summed E-state index contributed by atoms with van der Waals surface area (Å²) >= 11 is 0. The molecule has 1 atom stereocenters.